The number of ether oxygens (including phenoxy) is 2. The van der Waals surface area contributed by atoms with Crippen LogP contribution in [0, 0.1) is 0 Å². The number of nitrogens with zero attached hydrogens (tertiary/aromatic N) is 3. The molecule has 2 aliphatic rings. The van der Waals surface area contributed by atoms with E-state index in [4.69, 9.17) is 18.4 Å². The smallest absolute Gasteiger partial charge is 0.420 e. The van der Waals surface area contributed by atoms with Crippen molar-refractivity contribution in [1.82, 2.24) is 14.6 Å². The van der Waals surface area contributed by atoms with Crippen molar-refractivity contribution in [2.24, 2.45) is 0 Å². The standard InChI is InChI=1S/C23H27N3O6/c1-23(2,3)31-21(27)25-8-6-14(7-9-25)17-11-20(32-24-17)15-4-5-19-18(10-15)26(22(28)30-19)16-12-29-13-16/h4-5,10-11,14,16H,6-9,12-13H2,1-3H3. The molecule has 0 atom stereocenters. The maximum Gasteiger partial charge on any atom is 0.420 e. The zero-order valence-electron chi connectivity index (χ0n) is 18.5. The summed E-state index contributed by atoms with van der Waals surface area (Å²) in [5.41, 5.74) is 2.48. The van der Waals surface area contributed by atoms with Crippen LogP contribution in [0.5, 0.6) is 0 Å². The number of rotatable bonds is 3. The maximum atomic E-state index is 12.3. The van der Waals surface area contributed by atoms with Gasteiger partial charge in [0.05, 0.1) is 30.5 Å². The van der Waals surface area contributed by atoms with Crippen molar-refractivity contribution >= 4 is 17.2 Å². The Labute approximate surface area is 184 Å². The Morgan fingerprint density at radius 1 is 1.16 bits per heavy atom. The van der Waals surface area contributed by atoms with Gasteiger partial charge in [-0.25, -0.2) is 9.59 Å². The normalized spacial score (nSPS) is 18.2. The molecule has 2 fully saturated rings. The van der Waals surface area contributed by atoms with Crippen LogP contribution < -0.4 is 5.76 Å². The Morgan fingerprint density at radius 2 is 1.91 bits per heavy atom. The Morgan fingerprint density at radius 3 is 2.56 bits per heavy atom. The van der Waals surface area contributed by atoms with Gasteiger partial charge < -0.3 is 23.3 Å². The van der Waals surface area contributed by atoms with E-state index < -0.39 is 5.60 Å². The van der Waals surface area contributed by atoms with Crippen LogP contribution in [-0.2, 0) is 9.47 Å². The van der Waals surface area contributed by atoms with Gasteiger partial charge in [0.1, 0.15) is 5.60 Å². The lowest BCUT2D eigenvalue weighted by molar-refractivity contribution is -0.0242. The van der Waals surface area contributed by atoms with Gasteiger partial charge >= 0.3 is 11.8 Å². The molecular weight excluding hydrogens is 414 g/mol. The fourth-order valence-corrected chi connectivity index (χ4v) is 4.21. The topological polar surface area (TPSA) is 99.9 Å². The van der Waals surface area contributed by atoms with E-state index in [0.717, 1.165) is 29.6 Å². The molecule has 1 aromatic carbocycles. The van der Waals surface area contributed by atoms with E-state index in [1.807, 2.05) is 39.0 Å². The molecule has 0 spiro atoms. The molecule has 0 saturated carbocycles. The highest BCUT2D eigenvalue weighted by molar-refractivity contribution is 5.79. The Bertz CT molecular complexity index is 1190. The molecule has 170 valence electrons. The molecule has 3 aromatic rings. The minimum absolute atomic E-state index is 0.000514. The number of likely N-dealkylation sites (tertiary alicyclic amines) is 1. The first-order valence-electron chi connectivity index (χ1n) is 11.0. The minimum atomic E-state index is -0.498. The Hall–Kier alpha value is -3.07. The fraction of sp³-hybridized carbons (Fsp3) is 0.522. The van der Waals surface area contributed by atoms with Crippen LogP contribution in [0.3, 0.4) is 0 Å². The molecule has 2 aliphatic heterocycles. The summed E-state index contributed by atoms with van der Waals surface area (Å²) in [5, 5.41) is 4.29. The second kappa shape index (κ2) is 7.81. The molecule has 0 aliphatic carbocycles. The SMILES string of the molecule is CC(C)(C)OC(=O)N1CCC(c2cc(-c3ccc4oc(=O)n(C5COC5)c4c3)on2)CC1. The van der Waals surface area contributed by atoms with Crippen LogP contribution in [0.25, 0.3) is 22.4 Å². The zero-order valence-corrected chi connectivity index (χ0v) is 18.5. The monoisotopic (exact) mass is 441 g/mol. The van der Waals surface area contributed by atoms with E-state index in [1.54, 1.807) is 15.5 Å². The number of fused-ring (bicyclic) bond motifs is 1. The lowest BCUT2D eigenvalue weighted by Gasteiger charge is -2.32. The first-order chi connectivity index (χ1) is 15.3. The van der Waals surface area contributed by atoms with E-state index in [0.29, 0.717) is 37.6 Å². The van der Waals surface area contributed by atoms with Crippen molar-refractivity contribution in [1.29, 1.82) is 0 Å². The van der Waals surface area contributed by atoms with Crippen LogP contribution in [-0.4, -0.2) is 52.6 Å². The highest BCUT2D eigenvalue weighted by Gasteiger charge is 2.29. The van der Waals surface area contributed by atoms with Gasteiger partial charge in [0, 0.05) is 30.6 Å². The summed E-state index contributed by atoms with van der Waals surface area (Å²) in [4.78, 5) is 26.3. The number of piperidine rings is 1. The number of oxazole rings is 1. The maximum absolute atomic E-state index is 12.3. The van der Waals surface area contributed by atoms with Crippen molar-refractivity contribution in [3.63, 3.8) is 0 Å². The van der Waals surface area contributed by atoms with Crippen molar-refractivity contribution in [2.45, 2.75) is 51.2 Å². The zero-order chi connectivity index (χ0) is 22.5. The van der Waals surface area contributed by atoms with Gasteiger partial charge in [-0.2, -0.15) is 0 Å². The number of benzene rings is 1. The second-order valence-corrected chi connectivity index (χ2v) is 9.47. The van der Waals surface area contributed by atoms with Crippen LogP contribution in [0.4, 0.5) is 4.79 Å². The Balaban J connectivity index is 1.31. The van der Waals surface area contributed by atoms with Crippen molar-refractivity contribution < 1.29 is 23.2 Å². The van der Waals surface area contributed by atoms with Gasteiger partial charge in [-0.1, -0.05) is 5.16 Å². The molecule has 4 heterocycles. The van der Waals surface area contributed by atoms with Gasteiger partial charge in [-0.3, -0.25) is 4.57 Å². The predicted octanol–water partition coefficient (Wildman–Crippen LogP) is 3.94. The summed E-state index contributed by atoms with van der Waals surface area (Å²) in [5.74, 6) is 0.483. The van der Waals surface area contributed by atoms with Gasteiger partial charge in [0.2, 0.25) is 0 Å². The number of carbonyl (C=O) groups is 1. The molecule has 9 nitrogen and oxygen atoms in total. The molecule has 32 heavy (non-hydrogen) atoms. The number of aromatic nitrogens is 2. The molecular formula is C23H27N3O6. The molecule has 5 rings (SSSR count). The van der Waals surface area contributed by atoms with E-state index in [1.165, 1.54) is 0 Å². The fourth-order valence-electron chi connectivity index (χ4n) is 4.21. The predicted molar refractivity (Wildman–Crippen MR) is 116 cm³/mol. The lowest BCUT2D eigenvalue weighted by Crippen LogP contribution is -2.41. The van der Waals surface area contributed by atoms with Gasteiger partial charge in [-0.05, 0) is 51.8 Å². The molecule has 0 bridgehead atoms. The summed E-state index contributed by atoms with van der Waals surface area (Å²) < 4.78 is 23.4. The van der Waals surface area contributed by atoms with Crippen LogP contribution in [0.15, 0.2) is 38.0 Å². The first kappa shape index (κ1) is 20.8. The highest BCUT2D eigenvalue weighted by atomic mass is 16.6. The number of amides is 1. The van der Waals surface area contributed by atoms with Gasteiger partial charge in [0.25, 0.3) is 0 Å². The molecule has 0 radical (unpaired) electrons. The van der Waals surface area contributed by atoms with Crippen LogP contribution in [0.2, 0.25) is 0 Å². The molecule has 2 aromatic heterocycles. The third kappa shape index (κ3) is 3.92. The summed E-state index contributed by atoms with van der Waals surface area (Å²) in [6, 6.07) is 7.49. The summed E-state index contributed by atoms with van der Waals surface area (Å²) >= 11 is 0. The van der Waals surface area contributed by atoms with E-state index in [-0.39, 0.29) is 23.8 Å². The van der Waals surface area contributed by atoms with E-state index in [2.05, 4.69) is 5.16 Å². The third-order valence-electron chi connectivity index (χ3n) is 5.98. The number of carbonyl (C=O) groups excluding carboxylic acids is 1. The van der Waals surface area contributed by atoms with Crippen molar-refractivity contribution in [2.75, 3.05) is 26.3 Å². The first-order valence-corrected chi connectivity index (χ1v) is 11.0. The van der Waals surface area contributed by atoms with Crippen molar-refractivity contribution in [3.05, 3.63) is 40.5 Å². The molecule has 9 heteroatoms. The summed E-state index contributed by atoms with van der Waals surface area (Å²) in [6.45, 7) is 7.87. The molecule has 2 saturated heterocycles. The number of hydrogen-bond acceptors (Lipinski definition) is 7. The van der Waals surface area contributed by atoms with Crippen LogP contribution >= 0.6 is 0 Å². The van der Waals surface area contributed by atoms with Gasteiger partial charge in [-0.15, -0.1) is 0 Å². The molecule has 1 amide bonds. The van der Waals surface area contributed by atoms with E-state index in [9.17, 15) is 9.59 Å². The highest BCUT2D eigenvalue weighted by Crippen LogP contribution is 2.32. The quantitative estimate of drug-likeness (QED) is 0.607. The lowest BCUT2D eigenvalue weighted by atomic mass is 9.93. The summed E-state index contributed by atoms with van der Waals surface area (Å²) in [6.07, 6.45) is 1.33. The third-order valence-corrected chi connectivity index (χ3v) is 5.98. The minimum Gasteiger partial charge on any atom is -0.444 e. The Kier molecular flexibility index (Phi) is 5.08. The average molecular weight is 441 g/mol. The van der Waals surface area contributed by atoms with Crippen molar-refractivity contribution in [3.8, 4) is 11.3 Å². The average Bonchev–Trinajstić information content (AvgIpc) is 3.31. The summed E-state index contributed by atoms with van der Waals surface area (Å²) in [7, 11) is 0. The van der Waals surface area contributed by atoms with E-state index >= 15 is 0 Å². The number of hydrogen-bond donors (Lipinski definition) is 0. The molecule has 0 N–H and O–H groups in total. The largest absolute Gasteiger partial charge is 0.444 e. The molecule has 0 unspecified atom stereocenters. The van der Waals surface area contributed by atoms with Gasteiger partial charge in [0.15, 0.2) is 11.3 Å². The second-order valence-electron chi connectivity index (χ2n) is 9.47. The van der Waals surface area contributed by atoms with Crippen LogP contribution in [0.1, 0.15) is 51.3 Å².